The number of hydrogen-bond donors (Lipinski definition) is 2. The molecule has 4 nitrogen and oxygen atoms in total. The molecule has 0 amide bonds. The fourth-order valence-electron chi connectivity index (χ4n) is 1.22. The van der Waals surface area contributed by atoms with Crippen molar-refractivity contribution < 1.29 is 14.6 Å². The second-order valence-electron chi connectivity index (χ2n) is 2.78. The quantitative estimate of drug-likeness (QED) is 0.585. The van der Waals surface area contributed by atoms with Gasteiger partial charge in [0.1, 0.15) is 6.04 Å². The zero-order chi connectivity index (χ0) is 8.97. The average Bonchev–Trinajstić information content (AvgIpc) is 2.48. The van der Waals surface area contributed by atoms with Crippen molar-refractivity contribution in [3.63, 3.8) is 0 Å². The van der Waals surface area contributed by atoms with Gasteiger partial charge in [-0.1, -0.05) is 6.08 Å². The monoisotopic (exact) mass is 171 g/mol. The number of rotatable bonds is 4. The van der Waals surface area contributed by atoms with Crippen LogP contribution >= 0.6 is 0 Å². The van der Waals surface area contributed by atoms with Crippen molar-refractivity contribution in [2.75, 3.05) is 13.2 Å². The van der Waals surface area contributed by atoms with E-state index in [1.807, 2.05) is 0 Å². The van der Waals surface area contributed by atoms with Gasteiger partial charge in [-0.15, -0.1) is 6.58 Å². The Labute approximate surface area is 71.2 Å². The maximum absolute atomic E-state index is 10.5. The van der Waals surface area contributed by atoms with Gasteiger partial charge in [0.05, 0.1) is 12.7 Å². The summed E-state index contributed by atoms with van der Waals surface area (Å²) in [6.45, 7) is 4.61. The lowest BCUT2D eigenvalue weighted by Crippen LogP contribution is -2.29. The molecule has 0 aromatic heterocycles. The number of ether oxygens (including phenoxy) is 1. The van der Waals surface area contributed by atoms with Gasteiger partial charge in [-0.2, -0.15) is 0 Å². The molecule has 2 N–H and O–H groups in total. The van der Waals surface area contributed by atoms with Gasteiger partial charge in [0.15, 0.2) is 0 Å². The molecule has 12 heavy (non-hydrogen) atoms. The standard InChI is InChI=1S/C8H13NO3/c1-2-3-12-6-4-7(8(10)11)9-5-6/h2,6-7,9H,1,3-5H2,(H,10,11)/t6-,7+/m1/s1. The Morgan fingerprint density at radius 2 is 2.58 bits per heavy atom. The normalized spacial score (nSPS) is 28.7. The highest BCUT2D eigenvalue weighted by Crippen LogP contribution is 2.10. The highest BCUT2D eigenvalue weighted by Gasteiger charge is 2.29. The topological polar surface area (TPSA) is 58.6 Å². The predicted octanol–water partition coefficient (Wildman–Crippen LogP) is 0.00410. The van der Waals surface area contributed by atoms with Crippen LogP contribution in [0.2, 0.25) is 0 Å². The summed E-state index contributed by atoms with van der Waals surface area (Å²) in [6, 6.07) is -0.445. The van der Waals surface area contributed by atoms with E-state index in [9.17, 15) is 4.79 Å². The molecule has 0 radical (unpaired) electrons. The van der Waals surface area contributed by atoms with Gasteiger partial charge in [-0.25, -0.2) is 0 Å². The lowest BCUT2D eigenvalue weighted by molar-refractivity contribution is -0.139. The molecule has 0 bridgehead atoms. The van der Waals surface area contributed by atoms with Crippen molar-refractivity contribution in [1.82, 2.24) is 5.32 Å². The van der Waals surface area contributed by atoms with Gasteiger partial charge < -0.3 is 15.2 Å². The van der Waals surface area contributed by atoms with E-state index < -0.39 is 12.0 Å². The molecule has 0 aromatic rings. The van der Waals surface area contributed by atoms with Crippen LogP contribution in [0.3, 0.4) is 0 Å². The summed E-state index contributed by atoms with van der Waals surface area (Å²) in [7, 11) is 0. The van der Waals surface area contributed by atoms with E-state index in [0.717, 1.165) is 0 Å². The Bertz CT molecular complexity index is 181. The number of carbonyl (C=O) groups is 1. The number of carboxylic acids is 1. The molecule has 0 aromatic carbocycles. The first-order chi connectivity index (χ1) is 5.74. The number of nitrogens with one attached hydrogen (secondary N) is 1. The lowest BCUT2D eigenvalue weighted by Gasteiger charge is -2.07. The first kappa shape index (κ1) is 9.22. The second kappa shape index (κ2) is 4.23. The molecule has 68 valence electrons. The van der Waals surface area contributed by atoms with Crippen LogP contribution < -0.4 is 5.32 Å². The molecule has 2 atom stereocenters. The van der Waals surface area contributed by atoms with E-state index in [-0.39, 0.29) is 6.10 Å². The summed E-state index contributed by atoms with van der Waals surface area (Å²) in [5.41, 5.74) is 0. The Morgan fingerprint density at radius 1 is 1.83 bits per heavy atom. The van der Waals surface area contributed by atoms with Crippen LogP contribution in [0.5, 0.6) is 0 Å². The Hall–Kier alpha value is -0.870. The van der Waals surface area contributed by atoms with Gasteiger partial charge in [-0.05, 0) is 0 Å². The molecule has 4 heteroatoms. The summed E-state index contributed by atoms with van der Waals surface area (Å²) in [5, 5.41) is 11.5. The van der Waals surface area contributed by atoms with Crippen molar-refractivity contribution in [2.24, 2.45) is 0 Å². The number of carboxylic acid groups (broad SMARTS) is 1. The van der Waals surface area contributed by atoms with E-state index in [0.29, 0.717) is 19.6 Å². The third kappa shape index (κ3) is 2.32. The van der Waals surface area contributed by atoms with Gasteiger partial charge in [0.25, 0.3) is 0 Å². The minimum absolute atomic E-state index is 0.0177. The Kier molecular flexibility index (Phi) is 3.25. The third-order valence-electron chi connectivity index (χ3n) is 1.84. The largest absolute Gasteiger partial charge is 0.480 e. The molecule has 1 rings (SSSR count). The average molecular weight is 171 g/mol. The minimum Gasteiger partial charge on any atom is -0.480 e. The van der Waals surface area contributed by atoms with Crippen LogP contribution in [0.15, 0.2) is 12.7 Å². The van der Waals surface area contributed by atoms with Crippen molar-refractivity contribution in [3.05, 3.63) is 12.7 Å². The van der Waals surface area contributed by atoms with Gasteiger partial charge in [-0.3, -0.25) is 4.79 Å². The van der Waals surface area contributed by atoms with E-state index in [1.165, 1.54) is 0 Å². The van der Waals surface area contributed by atoms with Crippen LogP contribution in [0, 0.1) is 0 Å². The van der Waals surface area contributed by atoms with E-state index in [4.69, 9.17) is 9.84 Å². The number of aliphatic carboxylic acids is 1. The van der Waals surface area contributed by atoms with Crippen LogP contribution in [-0.2, 0) is 9.53 Å². The smallest absolute Gasteiger partial charge is 0.320 e. The molecule has 1 aliphatic rings. The van der Waals surface area contributed by atoms with E-state index in [1.54, 1.807) is 6.08 Å². The fourth-order valence-corrected chi connectivity index (χ4v) is 1.22. The predicted molar refractivity (Wildman–Crippen MR) is 44.0 cm³/mol. The molecular formula is C8H13NO3. The van der Waals surface area contributed by atoms with E-state index in [2.05, 4.69) is 11.9 Å². The summed E-state index contributed by atoms with van der Waals surface area (Å²) >= 11 is 0. The van der Waals surface area contributed by atoms with Crippen molar-refractivity contribution in [3.8, 4) is 0 Å². The molecule has 0 spiro atoms. The highest BCUT2D eigenvalue weighted by atomic mass is 16.5. The van der Waals surface area contributed by atoms with Crippen LogP contribution in [0.1, 0.15) is 6.42 Å². The molecule has 0 saturated carbocycles. The lowest BCUT2D eigenvalue weighted by atomic mass is 10.2. The second-order valence-corrected chi connectivity index (χ2v) is 2.78. The maximum atomic E-state index is 10.5. The fraction of sp³-hybridized carbons (Fsp3) is 0.625. The molecule has 1 heterocycles. The SMILES string of the molecule is C=CCO[C@H]1CN[C@H](C(=O)O)C1. The van der Waals surface area contributed by atoms with Crippen molar-refractivity contribution >= 4 is 5.97 Å². The summed E-state index contributed by atoms with van der Waals surface area (Å²) < 4.78 is 5.29. The molecule has 0 unspecified atom stereocenters. The van der Waals surface area contributed by atoms with E-state index >= 15 is 0 Å². The van der Waals surface area contributed by atoms with Gasteiger partial charge >= 0.3 is 5.97 Å². The Balaban J connectivity index is 2.25. The maximum Gasteiger partial charge on any atom is 0.320 e. The highest BCUT2D eigenvalue weighted by molar-refractivity contribution is 5.73. The third-order valence-corrected chi connectivity index (χ3v) is 1.84. The molecular weight excluding hydrogens is 158 g/mol. The first-order valence-corrected chi connectivity index (χ1v) is 3.92. The summed E-state index contributed by atoms with van der Waals surface area (Å²) in [4.78, 5) is 10.5. The van der Waals surface area contributed by atoms with Crippen LogP contribution in [-0.4, -0.2) is 36.4 Å². The van der Waals surface area contributed by atoms with Crippen LogP contribution in [0.4, 0.5) is 0 Å². The molecule has 0 aliphatic carbocycles. The zero-order valence-electron chi connectivity index (χ0n) is 6.82. The summed E-state index contributed by atoms with van der Waals surface area (Å²) in [6.07, 6.45) is 2.22. The van der Waals surface area contributed by atoms with Crippen molar-refractivity contribution in [2.45, 2.75) is 18.6 Å². The molecule has 1 aliphatic heterocycles. The zero-order valence-corrected chi connectivity index (χ0v) is 6.82. The van der Waals surface area contributed by atoms with Gasteiger partial charge in [0, 0.05) is 13.0 Å². The minimum atomic E-state index is -0.806. The Morgan fingerprint density at radius 3 is 3.08 bits per heavy atom. The molecule has 1 saturated heterocycles. The van der Waals surface area contributed by atoms with Crippen LogP contribution in [0.25, 0.3) is 0 Å². The molecule has 1 fully saturated rings. The van der Waals surface area contributed by atoms with Gasteiger partial charge in [0.2, 0.25) is 0 Å². The first-order valence-electron chi connectivity index (χ1n) is 3.92. The summed E-state index contributed by atoms with van der Waals surface area (Å²) in [5.74, 6) is -0.806. The number of hydrogen-bond acceptors (Lipinski definition) is 3. The van der Waals surface area contributed by atoms with Crippen molar-refractivity contribution in [1.29, 1.82) is 0 Å².